The third-order valence-corrected chi connectivity index (χ3v) is 3.54. The number of nitrogens with zero attached hydrogens (tertiary/aromatic N) is 2. The second-order valence-corrected chi connectivity index (χ2v) is 5.67. The molecule has 0 atom stereocenters. The van der Waals surface area contributed by atoms with Crippen LogP contribution in [0.3, 0.4) is 0 Å². The number of ether oxygens (including phenoxy) is 1. The molecule has 5 nitrogen and oxygen atoms in total. The first-order chi connectivity index (χ1) is 10.6. The minimum atomic E-state index is -0.0712. The van der Waals surface area contributed by atoms with E-state index in [-0.39, 0.29) is 12.1 Å². The van der Waals surface area contributed by atoms with Gasteiger partial charge in [0.05, 0.1) is 11.8 Å². The first kappa shape index (κ1) is 16.4. The van der Waals surface area contributed by atoms with Crippen LogP contribution in [0.4, 0.5) is 10.5 Å². The molecule has 5 heteroatoms. The van der Waals surface area contributed by atoms with Crippen molar-refractivity contribution < 1.29 is 9.53 Å². The van der Waals surface area contributed by atoms with Crippen LogP contribution in [-0.2, 0) is 0 Å². The van der Waals surface area contributed by atoms with Crippen molar-refractivity contribution in [1.82, 2.24) is 9.80 Å². The van der Waals surface area contributed by atoms with Crippen molar-refractivity contribution in [2.24, 2.45) is 0 Å². The molecule has 0 spiro atoms. The van der Waals surface area contributed by atoms with Gasteiger partial charge in [0.25, 0.3) is 0 Å². The number of amides is 2. The molecule has 0 unspecified atom stereocenters. The van der Waals surface area contributed by atoms with E-state index in [9.17, 15) is 4.79 Å². The molecular weight excluding hydrogens is 278 g/mol. The average molecular weight is 303 g/mol. The highest BCUT2D eigenvalue weighted by Crippen LogP contribution is 2.25. The van der Waals surface area contributed by atoms with E-state index < -0.39 is 0 Å². The maximum Gasteiger partial charge on any atom is 0.322 e. The van der Waals surface area contributed by atoms with E-state index in [1.165, 1.54) is 0 Å². The lowest BCUT2D eigenvalue weighted by Crippen LogP contribution is -2.49. The van der Waals surface area contributed by atoms with Gasteiger partial charge in [-0.2, -0.15) is 0 Å². The Morgan fingerprint density at radius 1 is 1.32 bits per heavy atom. The van der Waals surface area contributed by atoms with E-state index in [0.29, 0.717) is 5.75 Å². The normalized spacial score (nSPS) is 15.7. The molecule has 2 amide bonds. The Kier molecular flexibility index (Phi) is 5.83. The van der Waals surface area contributed by atoms with E-state index in [0.717, 1.165) is 38.4 Å². The Balaban J connectivity index is 1.94. The summed E-state index contributed by atoms with van der Waals surface area (Å²) in [4.78, 5) is 16.5. The van der Waals surface area contributed by atoms with Gasteiger partial charge in [-0.05, 0) is 26.0 Å². The number of nitrogens with one attached hydrogen (secondary N) is 1. The minimum Gasteiger partial charge on any atom is -0.489 e. The molecule has 1 heterocycles. The third-order valence-electron chi connectivity index (χ3n) is 3.54. The maximum absolute atomic E-state index is 12.4. The van der Waals surface area contributed by atoms with Crippen molar-refractivity contribution in [2.45, 2.75) is 20.0 Å². The van der Waals surface area contributed by atoms with Gasteiger partial charge in [-0.1, -0.05) is 18.2 Å². The fraction of sp³-hybridized carbons (Fsp3) is 0.471. The molecule has 0 saturated carbocycles. The fourth-order valence-corrected chi connectivity index (χ4v) is 2.44. The summed E-state index contributed by atoms with van der Waals surface area (Å²) in [5, 5.41) is 2.96. The number of rotatable bonds is 5. The van der Waals surface area contributed by atoms with Crippen molar-refractivity contribution in [3.8, 4) is 5.75 Å². The van der Waals surface area contributed by atoms with Crippen LogP contribution >= 0.6 is 0 Å². The molecule has 1 saturated heterocycles. The van der Waals surface area contributed by atoms with Gasteiger partial charge in [-0.25, -0.2) is 4.79 Å². The van der Waals surface area contributed by atoms with E-state index in [1.54, 1.807) is 0 Å². The number of hydrogen-bond acceptors (Lipinski definition) is 3. The Bertz CT molecular complexity index is 508. The average Bonchev–Trinajstić information content (AvgIpc) is 2.50. The van der Waals surface area contributed by atoms with Crippen molar-refractivity contribution in [3.63, 3.8) is 0 Å². The molecule has 1 N–H and O–H groups in total. The summed E-state index contributed by atoms with van der Waals surface area (Å²) in [6.45, 7) is 11.8. The monoisotopic (exact) mass is 303 g/mol. The van der Waals surface area contributed by atoms with Gasteiger partial charge in [0, 0.05) is 32.7 Å². The van der Waals surface area contributed by atoms with E-state index in [1.807, 2.05) is 49.1 Å². The zero-order valence-corrected chi connectivity index (χ0v) is 13.4. The number of piperazine rings is 1. The van der Waals surface area contributed by atoms with Gasteiger partial charge < -0.3 is 15.0 Å². The Morgan fingerprint density at radius 3 is 2.64 bits per heavy atom. The summed E-state index contributed by atoms with van der Waals surface area (Å²) in [5.74, 6) is 0.705. The minimum absolute atomic E-state index is 0.0699. The summed E-state index contributed by atoms with van der Waals surface area (Å²) in [5.41, 5.74) is 0.717. The molecule has 0 aromatic heterocycles. The van der Waals surface area contributed by atoms with Crippen LogP contribution in [0.2, 0.25) is 0 Å². The molecule has 1 fully saturated rings. The van der Waals surface area contributed by atoms with Crippen molar-refractivity contribution in [1.29, 1.82) is 0 Å². The number of benzene rings is 1. The lowest BCUT2D eigenvalue weighted by Gasteiger charge is -2.34. The molecule has 1 aromatic carbocycles. The van der Waals surface area contributed by atoms with Gasteiger partial charge in [0.15, 0.2) is 0 Å². The van der Waals surface area contributed by atoms with Crippen molar-refractivity contribution in [2.75, 3.05) is 38.0 Å². The number of para-hydroxylation sites is 2. The fourth-order valence-electron chi connectivity index (χ4n) is 2.44. The number of hydrogen-bond donors (Lipinski definition) is 1. The Hall–Kier alpha value is -2.01. The van der Waals surface area contributed by atoms with Crippen LogP contribution in [0, 0.1) is 0 Å². The standard InChI is InChI=1S/C17H25N3O2/c1-4-9-19-10-12-20(13-11-19)17(21)18-15-7-5-6-8-16(15)22-14(2)3/h4-8,14H,1,9-13H2,2-3H3,(H,18,21). The number of urea groups is 1. The second kappa shape index (κ2) is 7.84. The zero-order chi connectivity index (χ0) is 15.9. The van der Waals surface area contributed by atoms with Crippen LogP contribution in [0.1, 0.15) is 13.8 Å². The Labute approximate surface area is 132 Å². The third kappa shape index (κ3) is 4.49. The van der Waals surface area contributed by atoms with Crippen molar-refractivity contribution >= 4 is 11.7 Å². The van der Waals surface area contributed by atoms with Gasteiger partial charge >= 0.3 is 6.03 Å². The predicted molar refractivity (Wildman–Crippen MR) is 89.4 cm³/mol. The lowest BCUT2D eigenvalue weighted by molar-refractivity contribution is 0.155. The number of carbonyl (C=O) groups is 1. The van der Waals surface area contributed by atoms with Crippen LogP contribution < -0.4 is 10.1 Å². The molecule has 1 aliphatic heterocycles. The van der Waals surface area contributed by atoms with Gasteiger partial charge in [-0.3, -0.25) is 4.90 Å². The van der Waals surface area contributed by atoms with Gasteiger partial charge in [0.2, 0.25) is 0 Å². The van der Waals surface area contributed by atoms with E-state index in [2.05, 4.69) is 16.8 Å². The second-order valence-electron chi connectivity index (χ2n) is 5.67. The molecule has 22 heavy (non-hydrogen) atoms. The van der Waals surface area contributed by atoms with Crippen LogP contribution in [0.5, 0.6) is 5.75 Å². The smallest absolute Gasteiger partial charge is 0.322 e. The molecule has 0 radical (unpaired) electrons. The van der Waals surface area contributed by atoms with Gasteiger partial charge in [-0.15, -0.1) is 6.58 Å². The molecule has 1 aromatic rings. The highest BCUT2D eigenvalue weighted by Gasteiger charge is 2.21. The molecular formula is C17H25N3O2. The predicted octanol–water partition coefficient (Wildman–Crippen LogP) is 2.81. The van der Waals surface area contributed by atoms with Crippen LogP contribution in [-0.4, -0.2) is 54.7 Å². The largest absolute Gasteiger partial charge is 0.489 e. The summed E-state index contributed by atoms with van der Waals surface area (Å²) in [6.07, 6.45) is 1.97. The quantitative estimate of drug-likeness (QED) is 0.851. The SMILES string of the molecule is C=CCN1CCN(C(=O)Nc2ccccc2OC(C)C)CC1. The lowest BCUT2D eigenvalue weighted by atomic mass is 10.3. The molecule has 2 rings (SSSR count). The Morgan fingerprint density at radius 2 is 2.00 bits per heavy atom. The molecule has 0 bridgehead atoms. The topological polar surface area (TPSA) is 44.8 Å². The van der Waals surface area contributed by atoms with Crippen molar-refractivity contribution in [3.05, 3.63) is 36.9 Å². The maximum atomic E-state index is 12.4. The molecule has 1 aliphatic rings. The molecule has 120 valence electrons. The first-order valence-corrected chi connectivity index (χ1v) is 7.75. The summed E-state index contributed by atoms with van der Waals surface area (Å²) in [6, 6.07) is 7.46. The highest BCUT2D eigenvalue weighted by molar-refractivity contribution is 5.91. The van der Waals surface area contributed by atoms with E-state index in [4.69, 9.17) is 4.74 Å². The zero-order valence-electron chi connectivity index (χ0n) is 13.4. The van der Waals surface area contributed by atoms with E-state index >= 15 is 0 Å². The summed E-state index contributed by atoms with van der Waals surface area (Å²) < 4.78 is 5.73. The van der Waals surface area contributed by atoms with Gasteiger partial charge in [0.1, 0.15) is 5.75 Å². The highest BCUT2D eigenvalue weighted by atomic mass is 16.5. The molecule has 0 aliphatic carbocycles. The van der Waals surface area contributed by atoms with Crippen LogP contribution in [0.15, 0.2) is 36.9 Å². The first-order valence-electron chi connectivity index (χ1n) is 7.75. The summed E-state index contributed by atoms with van der Waals surface area (Å²) in [7, 11) is 0. The number of anilines is 1. The summed E-state index contributed by atoms with van der Waals surface area (Å²) >= 11 is 0. The number of carbonyl (C=O) groups excluding carboxylic acids is 1. The van der Waals surface area contributed by atoms with Crippen LogP contribution in [0.25, 0.3) is 0 Å².